The molecule has 0 amide bonds. The standard InChI is InChI=1S/C21H29N3O2.HI/c1-4-22-21(24-16-18-9-6-12-20(15-18)26-3)23-13-7-10-17-8-5-11-19(14-17)25-2;/h5-6,8-9,11-12,14-15H,4,7,10,13,16H2,1-3H3,(H2,22,23,24);1H. The fraction of sp³-hybridized carbons (Fsp3) is 0.381. The average molecular weight is 483 g/mol. The quantitative estimate of drug-likeness (QED) is 0.245. The highest BCUT2D eigenvalue weighted by atomic mass is 127. The summed E-state index contributed by atoms with van der Waals surface area (Å²) in [6.45, 7) is 4.38. The SMILES string of the molecule is CCNC(=NCc1cccc(OC)c1)NCCCc1cccc(OC)c1.I. The van der Waals surface area contributed by atoms with Crippen molar-refractivity contribution < 1.29 is 9.47 Å². The Balaban J connectivity index is 0.00000364. The van der Waals surface area contributed by atoms with Gasteiger partial charge < -0.3 is 20.1 Å². The van der Waals surface area contributed by atoms with Crippen LogP contribution in [0.15, 0.2) is 53.5 Å². The second-order valence-electron chi connectivity index (χ2n) is 5.93. The molecule has 2 aromatic rings. The molecule has 0 saturated heterocycles. The number of hydrogen-bond acceptors (Lipinski definition) is 3. The molecule has 0 spiro atoms. The Morgan fingerprint density at radius 3 is 2.19 bits per heavy atom. The lowest BCUT2D eigenvalue weighted by atomic mass is 10.1. The first-order valence-electron chi connectivity index (χ1n) is 9.03. The minimum absolute atomic E-state index is 0. The van der Waals surface area contributed by atoms with Crippen LogP contribution in [0.5, 0.6) is 11.5 Å². The van der Waals surface area contributed by atoms with Gasteiger partial charge in [-0.2, -0.15) is 0 Å². The summed E-state index contributed by atoms with van der Waals surface area (Å²) in [5.74, 6) is 2.60. The van der Waals surface area contributed by atoms with Gasteiger partial charge in [-0.05, 0) is 55.2 Å². The normalized spacial score (nSPS) is 10.7. The minimum Gasteiger partial charge on any atom is -0.497 e. The number of halogens is 1. The summed E-state index contributed by atoms with van der Waals surface area (Å²) in [5.41, 5.74) is 2.41. The number of rotatable bonds is 9. The van der Waals surface area contributed by atoms with Crippen LogP contribution < -0.4 is 20.1 Å². The van der Waals surface area contributed by atoms with Crippen molar-refractivity contribution in [3.05, 3.63) is 59.7 Å². The molecular weight excluding hydrogens is 453 g/mol. The second-order valence-corrected chi connectivity index (χ2v) is 5.93. The summed E-state index contributed by atoms with van der Waals surface area (Å²) >= 11 is 0. The van der Waals surface area contributed by atoms with Gasteiger partial charge >= 0.3 is 0 Å². The van der Waals surface area contributed by atoms with Gasteiger partial charge in [0.1, 0.15) is 11.5 Å². The van der Waals surface area contributed by atoms with Gasteiger partial charge in [-0.15, -0.1) is 24.0 Å². The molecule has 2 N–H and O–H groups in total. The van der Waals surface area contributed by atoms with Crippen molar-refractivity contribution in [1.29, 1.82) is 0 Å². The highest BCUT2D eigenvalue weighted by Gasteiger charge is 2.00. The molecule has 0 aliphatic heterocycles. The van der Waals surface area contributed by atoms with Crippen LogP contribution in [-0.4, -0.2) is 33.3 Å². The van der Waals surface area contributed by atoms with Crippen molar-refractivity contribution in [3.8, 4) is 11.5 Å². The van der Waals surface area contributed by atoms with E-state index in [0.29, 0.717) is 6.54 Å². The van der Waals surface area contributed by atoms with E-state index in [4.69, 9.17) is 9.47 Å². The average Bonchev–Trinajstić information content (AvgIpc) is 2.69. The Labute approximate surface area is 179 Å². The van der Waals surface area contributed by atoms with Gasteiger partial charge in [0.25, 0.3) is 0 Å². The Hall–Kier alpha value is -1.96. The number of benzene rings is 2. The molecule has 0 saturated carbocycles. The second kappa shape index (κ2) is 13.2. The molecule has 0 radical (unpaired) electrons. The molecule has 2 aromatic carbocycles. The van der Waals surface area contributed by atoms with E-state index in [1.165, 1.54) is 5.56 Å². The molecule has 6 heteroatoms. The summed E-state index contributed by atoms with van der Waals surface area (Å²) in [6.07, 6.45) is 2.02. The molecule has 5 nitrogen and oxygen atoms in total. The van der Waals surface area contributed by atoms with Crippen LogP contribution in [0.4, 0.5) is 0 Å². The summed E-state index contributed by atoms with van der Waals surface area (Å²) < 4.78 is 10.5. The zero-order chi connectivity index (χ0) is 18.6. The van der Waals surface area contributed by atoms with Gasteiger partial charge in [0, 0.05) is 13.1 Å². The van der Waals surface area contributed by atoms with Gasteiger partial charge in [-0.1, -0.05) is 24.3 Å². The van der Waals surface area contributed by atoms with E-state index in [1.807, 2.05) is 30.3 Å². The lowest BCUT2D eigenvalue weighted by Gasteiger charge is -2.12. The van der Waals surface area contributed by atoms with Crippen molar-refractivity contribution in [1.82, 2.24) is 10.6 Å². The third-order valence-corrected chi connectivity index (χ3v) is 3.97. The summed E-state index contributed by atoms with van der Waals surface area (Å²) in [4.78, 5) is 4.65. The van der Waals surface area contributed by atoms with Gasteiger partial charge in [-0.25, -0.2) is 4.99 Å². The molecule has 0 fully saturated rings. The van der Waals surface area contributed by atoms with E-state index >= 15 is 0 Å². The number of methoxy groups -OCH3 is 2. The maximum atomic E-state index is 5.27. The fourth-order valence-corrected chi connectivity index (χ4v) is 2.61. The van der Waals surface area contributed by atoms with E-state index in [-0.39, 0.29) is 24.0 Å². The van der Waals surface area contributed by atoms with Crippen LogP contribution in [-0.2, 0) is 13.0 Å². The summed E-state index contributed by atoms with van der Waals surface area (Å²) in [6, 6.07) is 16.2. The fourth-order valence-electron chi connectivity index (χ4n) is 2.61. The Bertz CT molecular complexity index is 707. The third-order valence-electron chi connectivity index (χ3n) is 3.97. The highest BCUT2D eigenvalue weighted by molar-refractivity contribution is 14.0. The Morgan fingerprint density at radius 2 is 1.56 bits per heavy atom. The smallest absolute Gasteiger partial charge is 0.191 e. The zero-order valence-electron chi connectivity index (χ0n) is 16.3. The molecule has 0 atom stereocenters. The maximum absolute atomic E-state index is 5.27. The number of nitrogens with one attached hydrogen (secondary N) is 2. The van der Waals surface area contributed by atoms with Crippen molar-refractivity contribution in [2.75, 3.05) is 27.3 Å². The number of aryl methyl sites for hydroxylation is 1. The molecule has 2 rings (SSSR count). The van der Waals surface area contributed by atoms with Crippen molar-refractivity contribution in [2.24, 2.45) is 4.99 Å². The molecule has 0 aromatic heterocycles. The topological polar surface area (TPSA) is 54.9 Å². The van der Waals surface area contributed by atoms with Crippen LogP contribution >= 0.6 is 24.0 Å². The molecule has 0 unspecified atom stereocenters. The van der Waals surface area contributed by atoms with Gasteiger partial charge in [-0.3, -0.25) is 0 Å². The largest absolute Gasteiger partial charge is 0.497 e. The molecule has 148 valence electrons. The van der Waals surface area contributed by atoms with Crippen LogP contribution in [0.1, 0.15) is 24.5 Å². The van der Waals surface area contributed by atoms with Gasteiger partial charge in [0.05, 0.1) is 20.8 Å². The van der Waals surface area contributed by atoms with Gasteiger partial charge in [0.15, 0.2) is 5.96 Å². The first-order valence-corrected chi connectivity index (χ1v) is 9.03. The monoisotopic (exact) mass is 483 g/mol. The van der Waals surface area contributed by atoms with Gasteiger partial charge in [0.2, 0.25) is 0 Å². The molecule has 0 aliphatic rings. The maximum Gasteiger partial charge on any atom is 0.191 e. The lowest BCUT2D eigenvalue weighted by Crippen LogP contribution is -2.37. The number of guanidine groups is 1. The molecule has 27 heavy (non-hydrogen) atoms. The minimum atomic E-state index is 0. The molecule has 0 bridgehead atoms. The van der Waals surface area contributed by atoms with Crippen molar-refractivity contribution in [2.45, 2.75) is 26.3 Å². The highest BCUT2D eigenvalue weighted by Crippen LogP contribution is 2.14. The van der Waals surface area contributed by atoms with E-state index in [2.05, 4.69) is 40.7 Å². The Kier molecular flexibility index (Phi) is 11.3. The first-order chi connectivity index (χ1) is 12.7. The predicted octanol–water partition coefficient (Wildman–Crippen LogP) is 4.01. The number of aliphatic imine (C=N–C) groups is 1. The summed E-state index contributed by atoms with van der Waals surface area (Å²) in [7, 11) is 3.37. The van der Waals surface area contributed by atoms with Crippen LogP contribution in [0, 0.1) is 0 Å². The Morgan fingerprint density at radius 1 is 0.926 bits per heavy atom. The molecule has 0 aliphatic carbocycles. The number of hydrogen-bond donors (Lipinski definition) is 2. The third kappa shape index (κ3) is 8.51. The van der Waals surface area contributed by atoms with Crippen LogP contribution in [0.2, 0.25) is 0 Å². The predicted molar refractivity (Wildman–Crippen MR) is 123 cm³/mol. The first kappa shape index (κ1) is 23.1. The van der Waals surface area contributed by atoms with E-state index < -0.39 is 0 Å². The van der Waals surface area contributed by atoms with E-state index in [0.717, 1.165) is 49.0 Å². The van der Waals surface area contributed by atoms with Crippen molar-refractivity contribution in [3.63, 3.8) is 0 Å². The molecular formula is C21H30IN3O2. The lowest BCUT2D eigenvalue weighted by molar-refractivity contribution is 0.414. The number of nitrogens with zero attached hydrogens (tertiary/aromatic N) is 1. The van der Waals surface area contributed by atoms with E-state index in [1.54, 1.807) is 14.2 Å². The number of ether oxygens (including phenoxy) is 2. The van der Waals surface area contributed by atoms with Crippen molar-refractivity contribution >= 4 is 29.9 Å². The summed E-state index contributed by atoms with van der Waals surface area (Å²) in [5, 5.41) is 6.68. The molecule has 0 heterocycles. The zero-order valence-corrected chi connectivity index (χ0v) is 18.7. The van der Waals surface area contributed by atoms with E-state index in [9.17, 15) is 0 Å². The van der Waals surface area contributed by atoms with Crippen LogP contribution in [0.3, 0.4) is 0 Å². The van der Waals surface area contributed by atoms with Crippen LogP contribution in [0.25, 0.3) is 0 Å².